The highest BCUT2D eigenvalue weighted by Gasteiger charge is 2.26. The second-order valence-electron chi connectivity index (χ2n) is 8.39. The number of fused-ring (bicyclic) bond motifs is 1. The second kappa shape index (κ2) is 10.3. The van der Waals surface area contributed by atoms with Gasteiger partial charge in [-0.1, -0.05) is 56.5 Å². The maximum atomic E-state index is 13.4. The number of pyridine rings is 1. The van der Waals surface area contributed by atoms with E-state index in [4.69, 9.17) is 15.5 Å². The van der Waals surface area contributed by atoms with Crippen LogP contribution in [0.15, 0.2) is 54.6 Å². The Morgan fingerprint density at radius 1 is 1.09 bits per heavy atom. The number of nitrogens with zero attached hydrogens (tertiary/aromatic N) is 2. The molecule has 7 heteroatoms. The molecule has 7 nitrogen and oxygen atoms in total. The number of ether oxygens (including phenoxy) is 1. The van der Waals surface area contributed by atoms with Crippen LogP contribution >= 0.6 is 0 Å². The summed E-state index contributed by atoms with van der Waals surface area (Å²) in [5.41, 5.74) is 11.1. The largest absolute Gasteiger partial charge is 0.494 e. The zero-order valence-electron chi connectivity index (χ0n) is 18.9. The summed E-state index contributed by atoms with van der Waals surface area (Å²) in [6, 6.07) is 16.2. The number of aromatic nitrogens is 1. The molecular weight excluding hydrogens is 416 g/mol. The van der Waals surface area contributed by atoms with Gasteiger partial charge in [0.2, 0.25) is 0 Å². The van der Waals surface area contributed by atoms with Crippen LogP contribution in [0, 0.1) is 0 Å². The third kappa shape index (κ3) is 5.25. The topological polar surface area (TPSA) is 97.5 Å². The van der Waals surface area contributed by atoms with Gasteiger partial charge in [-0.2, -0.15) is 0 Å². The molecule has 1 aromatic heterocycles. The van der Waals surface area contributed by atoms with Crippen molar-refractivity contribution in [2.24, 2.45) is 5.73 Å². The fraction of sp³-hybridized carbons (Fsp3) is 0.346. The Bertz CT molecular complexity index is 1140. The first-order chi connectivity index (χ1) is 16.1. The summed E-state index contributed by atoms with van der Waals surface area (Å²) in [6.07, 6.45) is 5.75. The van der Waals surface area contributed by atoms with Crippen LogP contribution in [0.1, 0.15) is 55.8 Å². The van der Waals surface area contributed by atoms with Gasteiger partial charge in [-0.15, -0.1) is 0 Å². The zero-order valence-corrected chi connectivity index (χ0v) is 18.9. The molecule has 33 heavy (non-hydrogen) atoms. The SMILES string of the molecule is CCCOc1cccc(-c2cc(C(=O)NN(C(N)=O)C3CCCCC3)c3ccccc3n2)c1. The van der Waals surface area contributed by atoms with Crippen molar-refractivity contribution in [3.8, 4) is 17.0 Å². The normalized spacial score (nSPS) is 14.1. The molecule has 0 saturated heterocycles. The Morgan fingerprint density at radius 2 is 1.88 bits per heavy atom. The van der Waals surface area contributed by atoms with E-state index in [1.165, 1.54) is 5.01 Å². The number of carbonyl (C=O) groups excluding carboxylic acids is 2. The number of carbonyl (C=O) groups is 2. The fourth-order valence-corrected chi connectivity index (χ4v) is 4.31. The van der Waals surface area contributed by atoms with Crippen molar-refractivity contribution in [2.45, 2.75) is 51.5 Å². The molecule has 1 heterocycles. The summed E-state index contributed by atoms with van der Waals surface area (Å²) in [4.78, 5) is 30.3. The number of rotatable bonds is 6. The first-order valence-corrected chi connectivity index (χ1v) is 11.6. The number of nitrogens with two attached hydrogens (primary N) is 1. The van der Waals surface area contributed by atoms with Gasteiger partial charge in [0.1, 0.15) is 5.75 Å². The van der Waals surface area contributed by atoms with Crippen LogP contribution in [0.25, 0.3) is 22.2 Å². The standard InChI is InChI=1S/C26H30N4O3/c1-2-15-33-20-12-8-9-18(16-20)24-17-22(21-13-6-7-14-23(21)28-24)25(31)29-30(26(27)32)19-10-4-3-5-11-19/h6-9,12-14,16-17,19H,2-5,10-11,15H2,1H3,(H2,27,32)(H,29,31). The lowest BCUT2D eigenvalue weighted by atomic mass is 9.95. The average molecular weight is 447 g/mol. The highest BCUT2D eigenvalue weighted by Crippen LogP contribution is 2.28. The summed E-state index contributed by atoms with van der Waals surface area (Å²) in [7, 11) is 0. The third-order valence-electron chi connectivity index (χ3n) is 5.96. The van der Waals surface area contributed by atoms with E-state index in [0.717, 1.165) is 49.8 Å². The van der Waals surface area contributed by atoms with Gasteiger partial charge in [-0.05, 0) is 43.5 Å². The van der Waals surface area contributed by atoms with Crippen LogP contribution in [0.3, 0.4) is 0 Å². The van der Waals surface area contributed by atoms with Crippen molar-refractivity contribution in [1.82, 2.24) is 15.4 Å². The van der Waals surface area contributed by atoms with Gasteiger partial charge >= 0.3 is 6.03 Å². The molecule has 3 N–H and O–H groups in total. The molecule has 0 aliphatic heterocycles. The Hall–Kier alpha value is -3.61. The fourth-order valence-electron chi connectivity index (χ4n) is 4.31. The Balaban J connectivity index is 1.69. The van der Waals surface area contributed by atoms with Crippen LogP contribution in [0.2, 0.25) is 0 Å². The van der Waals surface area contributed by atoms with Crippen LogP contribution in [-0.2, 0) is 0 Å². The molecule has 0 atom stereocenters. The molecule has 0 radical (unpaired) electrons. The van der Waals surface area contributed by atoms with Crippen LogP contribution in [0.5, 0.6) is 5.75 Å². The number of amides is 3. The van der Waals surface area contributed by atoms with Crippen molar-refractivity contribution >= 4 is 22.8 Å². The van der Waals surface area contributed by atoms with Gasteiger partial charge in [0.25, 0.3) is 5.91 Å². The number of para-hydroxylation sites is 1. The second-order valence-corrected chi connectivity index (χ2v) is 8.39. The minimum atomic E-state index is -0.644. The lowest BCUT2D eigenvalue weighted by molar-refractivity contribution is 0.0733. The van der Waals surface area contributed by atoms with Gasteiger partial charge in [0.05, 0.1) is 29.4 Å². The molecule has 1 saturated carbocycles. The number of hydrazine groups is 1. The summed E-state index contributed by atoms with van der Waals surface area (Å²) >= 11 is 0. The Labute approximate surface area is 193 Å². The molecule has 1 aliphatic carbocycles. The summed E-state index contributed by atoms with van der Waals surface area (Å²) in [6.45, 7) is 2.69. The minimum absolute atomic E-state index is 0.0832. The minimum Gasteiger partial charge on any atom is -0.494 e. The molecule has 2 aromatic carbocycles. The van der Waals surface area contributed by atoms with Gasteiger partial charge in [0.15, 0.2) is 0 Å². The maximum absolute atomic E-state index is 13.4. The van der Waals surface area contributed by atoms with Gasteiger partial charge in [-0.25, -0.2) is 14.8 Å². The Morgan fingerprint density at radius 3 is 2.64 bits per heavy atom. The number of nitrogens with one attached hydrogen (secondary N) is 1. The van der Waals surface area contributed by atoms with Crippen molar-refractivity contribution in [1.29, 1.82) is 0 Å². The van der Waals surface area contributed by atoms with E-state index in [2.05, 4.69) is 12.3 Å². The number of urea groups is 1. The number of benzene rings is 2. The maximum Gasteiger partial charge on any atom is 0.333 e. The Kier molecular flexibility index (Phi) is 7.07. The van der Waals surface area contributed by atoms with E-state index in [1.54, 1.807) is 6.07 Å². The van der Waals surface area contributed by atoms with Crippen molar-refractivity contribution in [3.63, 3.8) is 0 Å². The van der Waals surface area contributed by atoms with Crippen LogP contribution < -0.4 is 15.9 Å². The molecule has 3 aromatic rings. The van der Waals surface area contributed by atoms with E-state index in [0.29, 0.717) is 28.8 Å². The summed E-state index contributed by atoms with van der Waals surface area (Å²) < 4.78 is 5.76. The third-order valence-corrected chi connectivity index (χ3v) is 5.96. The zero-order chi connectivity index (χ0) is 23.2. The molecule has 3 amide bonds. The highest BCUT2D eigenvalue weighted by molar-refractivity contribution is 6.07. The molecule has 0 bridgehead atoms. The predicted molar refractivity (Wildman–Crippen MR) is 129 cm³/mol. The van der Waals surface area contributed by atoms with Gasteiger partial charge in [-0.3, -0.25) is 10.2 Å². The van der Waals surface area contributed by atoms with Crippen LogP contribution in [0.4, 0.5) is 4.79 Å². The van der Waals surface area contributed by atoms with E-state index in [1.807, 2.05) is 48.5 Å². The number of hydrogen-bond donors (Lipinski definition) is 2. The smallest absolute Gasteiger partial charge is 0.333 e. The van der Waals surface area contributed by atoms with E-state index < -0.39 is 6.03 Å². The van der Waals surface area contributed by atoms with E-state index in [-0.39, 0.29) is 11.9 Å². The van der Waals surface area contributed by atoms with Crippen LogP contribution in [-0.4, -0.2) is 34.6 Å². The first-order valence-electron chi connectivity index (χ1n) is 11.6. The molecule has 172 valence electrons. The summed E-state index contributed by atoms with van der Waals surface area (Å²) in [5.74, 6) is 0.380. The summed E-state index contributed by atoms with van der Waals surface area (Å²) in [5, 5.41) is 2.01. The van der Waals surface area contributed by atoms with E-state index in [9.17, 15) is 9.59 Å². The van der Waals surface area contributed by atoms with Crippen molar-refractivity contribution in [3.05, 3.63) is 60.2 Å². The lowest BCUT2D eigenvalue weighted by Crippen LogP contribution is -2.54. The van der Waals surface area contributed by atoms with Crippen molar-refractivity contribution < 1.29 is 14.3 Å². The van der Waals surface area contributed by atoms with Gasteiger partial charge in [0, 0.05) is 10.9 Å². The molecule has 4 rings (SSSR count). The number of primary amides is 1. The molecule has 0 unspecified atom stereocenters. The van der Waals surface area contributed by atoms with E-state index >= 15 is 0 Å². The van der Waals surface area contributed by atoms with Gasteiger partial charge < -0.3 is 10.5 Å². The molecular formula is C26H30N4O3. The monoisotopic (exact) mass is 446 g/mol. The highest BCUT2D eigenvalue weighted by atomic mass is 16.5. The number of hydrogen-bond acceptors (Lipinski definition) is 4. The first kappa shape index (κ1) is 22.6. The molecule has 1 fully saturated rings. The molecule has 1 aliphatic rings. The predicted octanol–water partition coefficient (Wildman–Crippen LogP) is 5.05. The quantitative estimate of drug-likeness (QED) is 0.518. The average Bonchev–Trinajstić information content (AvgIpc) is 2.85. The lowest BCUT2D eigenvalue weighted by Gasteiger charge is -2.33. The molecule has 0 spiro atoms. The van der Waals surface area contributed by atoms with Crippen molar-refractivity contribution in [2.75, 3.05) is 6.61 Å².